The quantitative estimate of drug-likeness (QED) is 0.424. The maximum absolute atomic E-state index is 10.8. The number of unbranched alkanes of at least 4 members (excludes halogenated alkanes) is 8. The molecule has 0 heterocycles. The molecule has 5 nitrogen and oxygen atoms in total. The number of ether oxygens (including phenoxy) is 1. The van der Waals surface area contributed by atoms with Gasteiger partial charge in [0.2, 0.25) is 0 Å². The lowest BCUT2D eigenvalue weighted by Gasteiger charge is -2.00. The van der Waals surface area contributed by atoms with E-state index in [1.54, 1.807) is 0 Å². The number of hydrogen-bond donors (Lipinski definition) is 2. The number of carbonyl (C=O) groups excluding carboxylic acids is 1. The maximum Gasteiger partial charge on any atom is 0.337 e. The summed E-state index contributed by atoms with van der Waals surface area (Å²) in [6.45, 7) is 2.23. The first kappa shape index (κ1) is 23.0. The number of hydrogen-bond acceptors (Lipinski definition) is 4. The highest BCUT2D eigenvalue weighted by molar-refractivity contribution is 5.89. The SMILES string of the molecule is CCCCCCCCCCCC(=O)O.COC(=O)c1ccc(O)cc1. The van der Waals surface area contributed by atoms with Crippen LogP contribution in [0.1, 0.15) is 81.5 Å². The molecule has 0 atom stereocenters. The third-order valence-electron chi connectivity index (χ3n) is 3.78. The summed E-state index contributed by atoms with van der Waals surface area (Å²) in [7, 11) is 1.31. The fourth-order valence-corrected chi connectivity index (χ4v) is 2.30. The second-order valence-electron chi connectivity index (χ2n) is 6.01. The standard InChI is InChI=1S/C12H24O2.C8H8O3/c1-2-3-4-5-6-7-8-9-10-11-12(13)14;1-11-8(10)6-2-4-7(9)5-3-6/h2-11H2,1H3,(H,13,14);2-5,9H,1H3. The monoisotopic (exact) mass is 352 g/mol. The number of methoxy groups -OCH3 is 1. The molecule has 0 saturated carbocycles. The first-order valence-electron chi connectivity index (χ1n) is 9.10. The average Bonchev–Trinajstić information content (AvgIpc) is 2.60. The first-order valence-corrected chi connectivity index (χ1v) is 9.10. The largest absolute Gasteiger partial charge is 0.508 e. The van der Waals surface area contributed by atoms with Crippen molar-refractivity contribution in [3.63, 3.8) is 0 Å². The van der Waals surface area contributed by atoms with E-state index in [9.17, 15) is 9.59 Å². The molecule has 0 aromatic heterocycles. The molecule has 0 amide bonds. The van der Waals surface area contributed by atoms with Crippen LogP contribution >= 0.6 is 0 Å². The summed E-state index contributed by atoms with van der Waals surface area (Å²) >= 11 is 0. The van der Waals surface area contributed by atoms with E-state index in [-0.39, 0.29) is 5.75 Å². The molecule has 1 aromatic rings. The highest BCUT2D eigenvalue weighted by Crippen LogP contribution is 2.10. The van der Waals surface area contributed by atoms with E-state index in [0.29, 0.717) is 12.0 Å². The van der Waals surface area contributed by atoms with Crippen molar-refractivity contribution < 1.29 is 24.5 Å². The van der Waals surface area contributed by atoms with E-state index in [4.69, 9.17) is 10.2 Å². The van der Waals surface area contributed by atoms with Gasteiger partial charge in [-0.25, -0.2) is 4.79 Å². The minimum atomic E-state index is -0.659. The van der Waals surface area contributed by atoms with E-state index in [1.165, 1.54) is 76.3 Å². The van der Waals surface area contributed by atoms with E-state index >= 15 is 0 Å². The van der Waals surface area contributed by atoms with Crippen molar-refractivity contribution >= 4 is 11.9 Å². The van der Waals surface area contributed by atoms with Crippen molar-refractivity contribution in [1.82, 2.24) is 0 Å². The zero-order chi connectivity index (χ0) is 18.9. The number of rotatable bonds is 11. The van der Waals surface area contributed by atoms with Gasteiger partial charge in [0.05, 0.1) is 12.7 Å². The molecular weight excluding hydrogens is 320 g/mol. The van der Waals surface area contributed by atoms with Crippen LogP contribution < -0.4 is 0 Å². The van der Waals surface area contributed by atoms with Gasteiger partial charge in [-0.15, -0.1) is 0 Å². The lowest BCUT2D eigenvalue weighted by Crippen LogP contribution is -1.99. The van der Waals surface area contributed by atoms with Gasteiger partial charge in [-0.3, -0.25) is 4.79 Å². The second-order valence-corrected chi connectivity index (χ2v) is 6.01. The lowest BCUT2D eigenvalue weighted by molar-refractivity contribution is -0.137. The van der Waals surface area contributed by atoms with Crippen molar-refractivity contribution in [1.29, 1.82) is 0 Å². The van der Waals surface area contributed by atoms with Crippen molar-refractivity contribution in [2.45, 2.75) is 71.1 Å². The molecule has 2 N–H and O–H groups in total. The summed E-state index contributed by atoms with van der Waals surface area (Å²) < 4.78 is 4.46. The number of phenols is 1. The van der Waals surface area contributed by atoms with Crippen LogP contribution in [-0.4, -0.2) is 29.3 Å². The van der Waals surface area contributed by atoms with Gasteiger partial charge in [-0.05, 0) is 30.7 Å². The fraction of sp³-hybridized carbons (Fsp3) is 0.600. The van der Waals surface area contributed by atoms with E-state index in [2.05, 4.69) is 11.7 Å². The fourth-order valence-electron chi connectivity index (χ4n) is 2.30. The summed E-state index contributed by atoms with van der Waals surface area (Å²) in [4.78, 5) is 21.0. The smallest absolute Gasteiger partial charge is 0.337 e. The van der Waals surface area contributed by atoms with Crippen LogP contribution in [-0.2, 0) is 9.53 Å². The summed E-state index contributed by atoms with van der Waals surface area (Å²) in [6.07, 6.45) is 11.5. The molecule has 0 radical (unpaired) electrons. The van der Waals surface area contributed by atoms with Gasteiger partial charge in [0, 0.05) is 6.42 Å². The van der Waals surface area contributed by atoms with Crippen LogP contribution in [0.5, 0.6) is 5.75 Å². The Morgan fingerprint density at radius 1 is 0.880 bits per heavy atom. The molecular formula is C20H32O5. The Bertz CT molecular complexity index is 467. The van der Waals surface area contributed by atoms with Gasteiger partial charge >= 0.3 is 11.9 Å². The second kappa shape index (κ2) is 15.5. The highest BCUT2D eigenvalue weighted by atomic mass is 16.5. The van der Waals surface area contributed by atoms with Crippen LogP contribution in [0.2, 0.25) is 0 Å². The van der Waals surface area contributed by atoms with Crippen molar-refractivity contribution in [3.05, 3.63) is 29.8 Å². The predicted octanol–water partition coefficient (Wildman–Crippen LogP) is 5.17. The third-order valence-corrected chi connectivity index (χ3v) is 3.78. The summed E-state index contributed by atoms with van der Waals surface area (Å²) in [6, 6.07) is 5.88. The zero-order valence-corrected chi connectivity index (χ0v) is 15.5. The normalized spacial score (nSPS) is 9.84. The number of aromatic hydroxyl groups is 1. The number of aliphatic carboxylic acids is 1. The first-order chi connectivity index (χ1) is 12.0. The van der Waals surface area contributed by atoms with Crippen molar-refractivity contribution in [3.8, 4) is 5.75 Å². The molecule has 0 fully saturated rings. The van der Waals surface area contributed by atoms with E-state index in [0.717, 1.165) is 12.8 Å². The molecule has 0 aliphatic carbocycles. The summed E-state index contributed by atoms with van der Waals surface area (Å²) in [5.74, 6) is -0.921. The summed E-state index contributed by atoms with van der Waals surface area (Å²) in [5, 5.41) is 17.3. The van der Waals surface area contributed by atoms with Gasteiger partial charge in [-0.2, -0.15) is 0 Å². The van der Waals surface area contributed by atoms with Gasteiger partial charge < -0.3 is 14.9 Å². The Morgan fingerprint density at radius 2 is 1.36 bits per heavy atom. The molecule has 25 heavy (non-hydrogen) atoms. The molecule has 142 valence electrons. The molecule has 1 rings (SSSR count). The number of carboxylic acids is 1. The van der Waals surface area contributed by atoms with Crippen LogP contribution in [0.3, 0.4) is 0 Å². The third kappa shape index (κ3) is 14.0. The predicted molar refractivity (Wildman–Crippen MR) is 98.9 cm³/mol. The molecule has 0 spiro atoms. The number of phenolic OH excluding ortho intramolecular Hbond substituents is 1. The van der Waals surface area contributed by atoms with Gasteiger partial charge in [-0.1, -0.05) is 58.3 Å². The topological polar surface area (TPSA) is 83.8 Å². The van der Waals surface area contributed by atoms with Crippen LogP contribution in [0, 0.1) is 0 Å². The minimum absolute atomic E-state index is 0.137. The molecule has 5 heteroatoms. The zero-order valence-electron chi connectivity index (χ0n) is 15.5. The number of benzene rings is 1. The van der Waals surface area contributed by atoms with Crippen LogP contribution in [0.25, 0.3) is 0 Å². The molecule has 0 aliphatic rings. The number of carbonyl (C=O) groups is 2. The lowest BCUT2D eigenvalue weighted by atomic mass is 10.1. The highest BCUT2D eigenvalue weighted by Gasteiger charge is 2.02. The Balaban J connectivity index is 0.000000472. The molecule has 0 aliphatic heterocycles. The van der Waals surface area contributed by atoms with Gasteiger partial charge in [0.1, 0.15) is 5.75 Å². The number of carboxylic acid groups (broad SMARTS) is 1. The molecule has 1 aromatic carbocycles. The molecule has 0 saturated heterocycles. The van der Waals surface area contributed by atoms with E-state index in [1.807, 2.05) is 0 Å². The minimum Gasteiger partial charge on any atom is -0.508 e. The Kier molecular flexibility index (Phi) is 14.2. The van der Waals surface area contributed by atoms with Crippen molar-refractivity contribution in [2.24, 2.45) is 0 Å². The Labute approximate surface area is 151 Å². The Morgan fingerprint density at radius 3 is 1.80 bits per heavy atom. The van der Waals surface area contributed by atoms with E-state index < -0.39 is 11.9 Å². The molecule has 0 bridgehead atoms. The average molecular weight is 352 g/mol. The number of esters is 1. The van der Waals surface area contributed by atoms with Crippen molar-refractivity contribution in [2.75, 3.05) is 7.11 Å². The van der Waals surface area contributed by atoms with Crippen LogP contribution in [0.4, 0.5) is 0 Å². The summed E-state index contributed by atoms with van der Waals surface area (Å²) in [5.41, 5.74) is 0.435. The Hall–Kier alpha value is -2.04. The van der Waals surface area contributed by atoms with Gasteiger partial charge in [0.25, 0.3) is 0 Å². The maximum atomic E-state index is 10.8. The molecule has 0 unspecified atom stereocenters. The van der Waals surface area contributed by atoms with Gasteiger partial charge in [0.15, 0.2) is 0 Å². The van der Waals surface area contributed by atoms with Crippen LogP contribution in [0.15, 0.2) is 24.3 Å².